The molecule has 0 unspecified atom stereocenters. The van der Waals surface area contributed by atoms with Gasteiger partial charge in [0.15, 0.2) is 0 Å². The summed E-state index contributed by atoms with van der Waals surface area (Å²) < 4.78 is 30.1. The van der Waals surface area contributed by atoms with Crippen molar-refractivity contribution >= 4 is 15.9 Å². The molecule has 0 aliphatic heterocycles. The average Bonchev–Trinajstić information content (AvgIpc) is 2.03. The van der Waals surface area contributed by atoms with E-state index in [-0.39, 0.29) is 10.7 Å². The van der Waals surface area contributed by atoms with E-state index in [0.717, 1.165) is 0 Å². The molecular weight excluding hydrogens is 180 g/mol. The van der Waals surface area contributed by atoms with Crippen LogP contribution in [0.1, 0.15) is 0 Å². The van der Waals surface area contributed by atoms with Gasteiger partial charge >= 0.3 is 0 Å². The van der Waals surface area contributed by atoms with Gasteiger partial charge in [0.05, 0.1) is 0 Å². The van der Waals surface area contributed by atoms with Crippen molar-refractivity contribution in [3.8, 4) is 0 Å². The summed E-state index contributed by atoms with van der Waals surface area (Å²) in [6, 6.07) is 2.71. The van der Waals surface area contributed by atoms with Gasteiger partial charge in [0, 0.05) is 13.2 Å². The third kappa shape index (κ3) is 1.72. The molecule has 0 atom stereocenters. The number of pyridine rings is 1. The van der Waals surface area contributed by atoms with Crippen LogP contribution in [-0.4, -0.2) is 25.0 Å². The van der Waals surface area contributed by atoms with Crippen molar-refractivity contribution in [2.24, 2.45) is 0 Å². The van der Waals surface area contributed by atoms with Crippen LogP contribution in [0.3, 0.4) is 0 Å². The molecule has 0 aliphatic carbocycles. The summed E-state index contributed by atoms with van der Waals surface area (Å²) in [5, 5.41) is 2.55. The molecule has 1 heterocycles. The Kier molecular flexibility index (Phi) is 2.30. The Morgan fingerprint density at radius 2 is 2.25 bits per heavy atom. The van der Waals surface area contributed by atoms with E-state index in [1.807, 2.05) is 0 Å². The van der Waals surface area contributed by atoms with E-state index in [4.69, 9.17) is 4.55 Å². The molecule has 0 bridgehead atoms. The molecule has 12 heavy (non-hydrogen) atoms. The molecule has 2 N–H and O–H groups in total. The molecule has 6 heteroatoms. The molecule has 1 aromatic heterocycles. The fourth-order valence-electron chi connectivity index (χ4n) is 0.786. The van der Waals surface area contributed by atoms with E-state index in [2.05, 4.69) is 10.3 Å². The minimum Gasteiger partial charge on any atom is -0.372 e. The molecule has 0 fully saturated rings. The normalized spacial score (nSPS) is 11.2. The molecule has 66 valence electrons. The first-order valence-electron chi connectivity index (χ1n) is 3.16. The van der Waals surface area contributed by atoms with E-state index in [0.29, 0.717) is 0 Å². The SMILES string of the molecule is CNc1ncccc1S(=O)(=O)O. The Balaban J connectivity index is 3.33. The Morgan fingerprint density at radius 3 is 2.67 bits per heavy atom. The van der Waals surface area contributed by atoms with Crippen LogP contribution in [0, 0.1) is 0 Å². The predicted octanol–water partition coefficient (Wildman–Crippen LogP) is 0.370. The van der Waals surface area contributed by atoms with Crippen LogP contribution in [0.4, 0.5) is 5.82 Å². The monoisotopic (exact) mass is 188 g/mol. The van der Waals surface area contributed by atoms with Crippen molar-refractivity contribution < 1.29 is 13.0 Å². The first-order valence-corrected chi connectivity index (χ1v) is 4.60. The molecule has 0 aromatic carbocycles. The van der Waals surface area contributed by atoms with Gasteiger partial charge in [-0.1, -0.05) is 0 Å². The average molecular weight is 188 g/mol. The van der Waals surface area contributed by atoms with Crippen LogP contribution in [0.5, 0.6) is 0 Å². The third-order valence-corrected chi connectivity index (χ3v) is 2.17. The second-order valence-corrected chi connectivity index (χ2v) is 3.47. The standard InChI is InChI=1S/C6H8N2O3S/c1-7-6-5(12(9,10)11)3-2-4-8-6/h2-4H,1H3,(H,7,8)(H,9,10,11). The second kappa shape index (κ2) is 3.08. The van der Waals surface area contributed by atoms with Gasteiger partial charge in [-0.2, -0.15) is 8.42 Å². The van der Waals surface area contributed by atoms with Crippen LogP contribution in [0.2, 0.25) is 0 Å². The van der Waals surface area contributed by atoms with Crippen molar-refractivity contribution in [1.82, 2.24) is 4.98 Å². The quantitative estimate of drug-likeness (QED) is 0.655. The first kappa shape index (κ1) is 8.95. The molecule has 0 amide bonds. The van der Waals surface area contributed by atoms with E-state index in [1.165, 1.54) is 25.4 Å². The smallest absolute Gasteiger partial charge is 0.298 e. The fourth-order valence-corrected chi connectivity index (χ4v) is 1.44. The maximum absolute atomic E-state index is 10.7. The molecular formula is C6H8N2O3S. The molecule has 5 nitrogen and oxygen atoms in total. The van der Waals surface area contributed by atoms with Gasteiger partial charge in [0.25, 0.3) is 10.1 Å². The van der Waals surface area contributed by atoms with Crippen LogP contribution in [0.15, 0.2) is 23.2 Å². The largest absolute Gasteiger partial charge is 0.372 e. The zero-order valence-electron chi connectivity index (χ0n) is 6.35. The van der Waals surface area contributed by atoms with Gasteiger partial charge in [0.2, 0.25) is 0 Å². The maximum atomic E-state index is 10.7. The Labute approximate surface area is 70.2 Å². The lowest BCUT2D eigenvalue weighted by Gasteiger charge is -2.02. The summed E-state index contributed by atoms with van der Waals surface area (Å²) in [6.45, 7) is 0. The highest BCUT2D eigenvalue weighted by Gasteiger charge is 2.14. The van der Waals surface area contributed by atoms with Gasteiger partial charge < -0.3 is 5.32 Å². The highest BCUT2D eigenvalue weighted by Crippen LogP contribution is 2.15. The molecule has 0 saturated carbocycles. The lowest BCUT2D eigenvalue weighted by Crippen LogP contribution is -2.04. The third-order valence-electron chi connectivity index (χ3n) is 1.29. The lowest BCUT2D eigenvalue weighted by atomic mass is 10.5. The predicted molar refractivity (Wildman–Crippen MR) is 43.6 cm³/mol. The van der Waals surface area contributed by atoms with E-state index in [9.17, 15) is 8.42 Å². The minimum atomic E-state index is -4.17. The van der Waals surface area contributed by atoms with Crippen molar-refractivity contribution in [1.29, 1.82) is 0 Å². The van der Waals surface area contributed by atoms with Gasteiger partial charge in [-0.05, 0) is 12.1 Å². The highest BCUT2D eigenvalue weighted by atomic mass is 32.2. The number of nitrogens with one attached hydrogen (secondary N) is 1. The molecule has 0 aliphatic rings. The van der Waals surface area contributed by atoms with E-state index in [1.54, 1.807) is 0 Å². The zero-order valence-corrected chi connectivity index (χ0v) is 7.17. The topological polar surface area (TPSA) is 79.3 Å². The van der Waals surface area contributed by atoms with Gasteiger partial charge in [-0.3, -0.25) is 4.55 Å². The lowest BCUT2D eigenvalue weighted by molar-refractivity contribution is 0.483. The second-order valence-electron chi connectivity index (χ2n) is 2.08. The summed E-state index contributed by atoms with van der Waals surface area (Å²) in [5.41, 5.74) is 0. The molecule has 0 spiro atoms. The van der Waals surface area contributed by atoms with Gasteiger partial charge in [-0.25, -0.2) is 4.98 Å². The zero-order chi connectivity index (χ0) is 9.19. The first-order chi connectivity index (χ1) is 5.55. The number of hydrogen-bond acceptors (Lipinski definition) is 4. The summed E-state index contributed by atoms with van der Waals surface area (Å²) in [4.78, 5) is 3.50. The van der Waals surface area contributed by atoms with Gasteiger partial charge in [-0.15, -0.1) is 0 Å². The van der Waals surface area contributed by atoms with Crippen LogP contribution in [0.25, 0.3) is 0 Å². The van der Waals surface area contributed by atoms with Crippen LogP contribution in [-0.2, 0) is 10.1 Å². The highest BCUT2D eigenvalue weighted by molar-refractivity contribution is 7.86. The number of rotatable bonds is 2. The summed E-state index contributed by atoms with van der Waals surface area (Å²) in [5.74, 6) is 0.139. The molecule has 1 aromatic rings. The van der Waals surface area contributed by atoms with Crippen LogP contribution < -0.4 is 5.32 Å². The number of aromatic nitrogens is 1. The maximum Gasteiger partial charge on any atom is 0.298 e. The Morgan fingerprint density at radius 1 is 1.58 bits per heavy atom. The van der Waals surface area contributed by atoms with Crippen LogP contribution >= 0.6 is 0 Å². The number of nitrogens with zero attached hydrogens (tertiary/aromatic N) is 1. The summed E-state index contributed by atoms with van der Waals surface area (Å²) in [6.07, 6.45) is 1.43. The van der Waals surface area contributed by atoms with Crippen molar-refractivity contribution in [3.05, 3.63) is 18.3 Å². The number of anilines is 1. The van der Waals surface area contributed by atoms with Crippen molar-refractivity contribution in [3.63, 3.8) is 0 Å². The fraction of sp³-hybridized carbons (Fsp3) is 0.167. The number of hydrogen-bond donors (Lipinski definition) is 2. The Bertz CT molecular complexity index is 374. The summed E-state index contributed by atoms with van der Waals surface area (Å²) >= 11 is 0. The summed E-state index contributed by atoms with van der Waals surface area (Å²) in [7, 11) is -2.65. The van der Waals surface area contributed by atoms with Gasteiger partial charge in [0.1, 0.15) is 10.7 Å². The van der Waals surface area contributed by atoms with Crippen molar-refractivity contribution in [2.45, 2.75) is 4.90 Å². The van der Waals surface area contributed by atoms with E-state index >= 15 is 0 Å². The molecule has 1 rings (SSSR count). The van der Waals surface area contributed by atoms with E-state index < -0.39 is 10.1 Å². The Hall–Kier alpha value is -1.14. The minimum absolute atomic E-state index is 0.139. The van der Waals surface area contributed by atoms with Crippen molar-refractivity contribution in [2.75, 3.05) is 12.4 Å². The molecule has 0 radical (unpaired) electrons. The molecule has 0 saturated heterocycles.